The van der Waals surface area contributed by atoms with Gasteiger partial charge in [0.05, 0.1) is 12.2 Å². The molecule has 4 nitrogen and oxygen atoms in total. The number of methoxy groups -OCH3 is 1. The molecule has 0 fully saturated rings. The number of fused-ring (bicyclic) bond motifs is 2. The molecule has 0 aromatic heterocycles. The maximum atomic E-state index is 5.16. The number of ether oxygens (including phenoxy) is 1. The van der Waals surface area contributed by atoms with E-state index in [1.807, 2.05) is 0 Å². The number of aryl methyl sites for hydroxylation is 1. The smallest absolute Gasteiger partial charge is 0.126 e. The molecular formula is C24H29N3O. The number of nitrogens with one attached hydrogen (secondary N) is 1. The fourth-order valence-corrected chi connectivity index (χ4v) is 4.28. The summed E-state index contributed by atoms with van der Waals surface area (Å²) >= 11 is 0. The van der Waals surface area contributed by atoms with Gasteiger partial charge in [0.2, 0.25) is 0 Å². The van der Waals surface area contributed by atoms with Gasteiger partial charge in [-0.2, -0.15) is 0 Å². The van der Waals surface area contributed by atoms with Crippen molar-refractivity contribution < 1.29 is 4.74 Å². The third-order valence-electron chi connectivity index (χ3n) is 5.65. The highest BCUT2D eigenvalue weighted by atomic mass is 16.5. The lowest BCUT2D eigenvalue weighted by atomic mass is 9.87. The number of nitrogens with zero attached hydrogens (tertiary/aromatic N) is 2. The Labute approximate surface area is 167 Å². The highest BCUT2D eigenvalue weighted by molar-refractivity contribution is 6.00. The van der Waals surface area contributed by atoms with Crippen molar-refractivity contribution in [3.8, 4) is 0 Å². The van der Waals surface area contributed by atoms with E-state index in [1.54, 1.807) is 7.11 Å². The zero-order chi connectivity index (χ0) is 19.7. The number of amidine groups is 1. The Morgan fingerprint density at radius 3 is 2.86 bits per heavy atom. The molecule has 146 valence electrons. The third kappa shape index (κ3) is 3.57. The first kappa shape index (κ1) is 18.8. The second kappa shape index (κ2) is 7.44. The Hall–Kier alpha value is -2.59. The molecule has 2 aromatic carbocycles. The SMILES string of the molecule is C=C1NC(CN2CC(C)(C)c3ccccc32)=Nc2ccc(CCCOC)cc21. The number of rotatable bonds is 6. The van der Waals surface area contributed by atoms with E-state index >= 15 is 0 Å². The number of anilines is 1. The molecule has 1 N–H and O–H groups in total. The van der Waals surface area contributed by atoms with Crippen molar-refractivity contribution in [1.29, 1.82) is 0 Å². The first-order valence-electron chi connectivity index (χ1n) is 9.98. The van der Waals surface area contributed by atoms with Crippen LogP contribution in [0, 0.1) is 0 Å². The van der Waals surface area contributed by atoms with Crippen LogP contribution in [0.15, 0.2) is 54.0 Å². The molecule has 4 heteroatoms. The lowest BCUT2D eigenvalue weighted by Gasteiger charge is -2.26. The zero-order valence-corrected chi connectivity index (χ0v) is 17.1. The van der Waals surface area contributed by atoms with Gasteiger partial charge >= 0.3 is 0 Å². The Kier molecular flexibility index (Phi) is 4.98. The van der Waals surface area contributed by atoms with E-state index in [-0.39, 0.29) is 5.41 Å². The van der Waals surface area contributed by atoms with E-state index in [9.17, 15) is 0 Å². The molecule has 0 atom stereocenters. The van der Waals surface area contributed by atoms with Crippen molar-refractivity contribution in [2.75, 3.05) is 31.7 Å². The van der Waals surface area contributed by atoms with Gasteiger partial charge < -0.3 is 15.0 Å². The topological polar surface area (TPSA) is 36.9 Å². The zero-order valence-electron chi connectivity index (χ0n) is 17.1. The lowest BCUT2D eigenvalue weighted by molar-refractivity contribution is 0.195. The average Bonchev–Trinajstić information content (AvgIpc) is 2.93. The van der Waals surface area contributed by atoms with Crippen LogP contribution < -0.4 is 10.2 Å². The number of benzene rings is 2. The summed E-state index contributed by atoms with van der Waals surface area (Å²) in [6.45, 7) is 11.4. The van der Waals surface area contributed by atoms with Crippen molar-refractivity contribution in [2.45, 2.75) is 32.1 Å². The molecule has 0 unspecified atom stereocenters. The quantitative estimate of drug-likeness (QED) is 0.746. The molecule has 0 saturated heterocycles. The molecule has 0 spiro atoms. The Morgan fingerprint density at radius 2 is 2.04 bits per heavy atom. The molecule has 0 radical (unpaired) electrons. The molecule has 2 aliphatic heterocycles. The van der Waals surface area contributed by atoms with E-state index in [2.05, 4.69) is 73.1 Å². The van der Waals surface area contributed by atoms with Gasteiger partial charge in [0.1, 0.15) is 5.84 Å². The first-order chi connectivity index (χ1) is 13.5. The Balaban J connectivity index is 1.54. The van der Waals surface area contributed by atoms with Crippen LogP contribution in [0.1, 0.15) is 37.0 Å². The summed E-state index contributed by atoms with van der Waals surface area (Å²) in [5.74, 6) is 0.956. The van der Waals surface area contributed by atoms with E-state index in [4.69, 9.17) is 9.73 Å². The van der Waals surface area contributed by atoms with Crippen LogP contribution in [0.4, 0.5) is 11.4 Å². The molecule has 0 aliphatic carbocycles. The minimum atomic E-state index is 0.151. The summed E-state index contributed by atoms with van der Waals surface area (Å²) in [5.41, 5.74) is 7.20. The van der Waals surface area contributed by atoms with Crippen molar-refractivity contribution in [3.63, 3.8) is 0 Å². The van der Waals surface area contributed by atoms with E-state index in [0.717, 1.165) is 55.3 Å². The minimum Gasteiger partial charge on any atom is -0.385 e. The van der Waals surface area contributed by atoms with Gasteiger partial charge in [-0.05, 0) is 42.2 Å². The maximum absolute atomic E-state index is 5.16. The van der Waals surface area contributed by atoms with Gasteiger partial charge in [-0.15, -0.1) is 0 Å². The van der Waals surface area contributed by atoms with Gasteiger partial charge in [0.25, 0.3) is 0 Å². The second-order valence-corrected chi connectivity index (χ2v) is 8.37. The van der Waals surface area contributed by atoms with Crippen molar-refractivity contribution in [1.82, 2.24) is 5.32 Å². The molecule has 2 aliphatic rings. The fourth-order valence-electron chi connectivity index (χ4n) is 4.28. The lowest BCUT2D eigenvalue weighted by Crippen LogP contribution is -2.39. The molecule has 2 aromatic rings. The maximum Gasteiger partial charge on any atom is 0.126 e. The van der Waals surface area contributed by atoms with Crippen LogP contribution in [-0.2, 0) is 16.6 Å². The van der Waals surface area contributed by atoms with E-state index < -0.39 is 0 Å². The van der Waals surface area contributed by atoms with Crippen LogP contribution in [0.5, 0.6) is 0 Å². The minimum absolute atomic E-state index is 0.151. The van der Waals surface area contributed by atoms with E-state index in [1.165, 1.54) is 16.8 Å². The van der Waals surface area contributed by atoms with Crippen LogP contribution in [0.2, 0.25) is 0 Å². The number of hydrogen-bond acceptors (Lipinski definition) is 4. The summed E-state index contributed by atoms with van der Waals surface area (Å²) in [4.78, 5) is 7.31. The molecule has 0 amide bonds. The van der Waals surface area contributed by atoms with Crippen molar-refractivity contribution in [3.05, 3.63) is 65.7 Å². The Morgan fingerprint density at radius 1 is 1.21 bits per heavy atom. The van der Waals surface area contributed by atoms with Crippen molar-refractivity contribution >= 4 is 22.9 Å². The number of hydrogen-bond donors (Lipinski definition) is 1. The summed E-state index contributed by atoms with van der Waals surface area (Å²) in [6, 6.07) is 15.2. The highest BCUT2D eigenvalue weighted by Gasteiger charge is 2.35. The highest BCUT2D eigenvalue weighted by Crippen LogP contribution is 2.40. The largest absolute Gasteiger partial charge is 0.385 e. The average molecular weight is 376 g/mol. The van der Waals surface area contributed by atoms with Crippen LogP contribution in [0.25, 0.3) is 5.70 Å². The number of para-hydroxylation sites is 1. The van der Waals surface area contributed by atoms with Gasteiger partial charge in [-0.3, -0.25) is 0 Å². The normalized spacial score (nSPS) is 17.0. The summed E-state index contributed by atoms with van der Waals surface area (Å²) < 4.78 is 5.16. The molecule has 2 heterocycles. The van der Waals surface area contributed by atoms with Crippen LogP contribution >= 0.6 is 0 Å². The van der Waals surface area contributed by atoms with Gasteiger partial charge in [0, 0.05) is 42.6 Å². The fraction of sp³-hybridized carbons (Fsp3) is 0.375. The standard InChI is InChI=1S/C24H29N3O/c1-17-19-14-18(8-7-13-28-4)11-12-21(19)26-23(25-17)15-27-16-24(2,3)20-9-5-6-10-22(20)27/h5-6,9-12,14H,1,7-8,13,15-16H2,2-4H3,(H,25,26). The van der Waals surface area contributed by atoms with Gasteiger partial charge in [0.15, 0.2) is 0 Å². The predicted molar refractivity (Wildman–Crippen MR) is 118 cm³/mol. The molecule has 4 rings (SSSR count). The second-order valence-electron chi connectivity index (χ2n) is 8.37. The summed E-state index contributed by atoms with van der Waals surface area (Å²) in [6.07, 6.45) is 2.03. The summed E-state index contributed by atoms with van der Waals surface area (Å²) in [5, 5.41) is 3.44. The predicted octanol–water partition coefficient (Wildman–Crippen LogP) is 4.67. The van der Waals surface area contributed by atoms with Gasteiger partial charge in [-0.1, -0.05) is 44.7 Å². The first-order valence-corrected chi connectivity index (χ1v) is 9.98. The van der Waals surface area contributed by atoms with Crippen LogP contribution in [-0.4, -0.2) is 32.6 Å². The monoisotopic (exact) mass is 375 g/mol. The van der Waals surface area contributed by atoms with Gasteiger partial charge in [-0.25, -0.2) is 4.99 Å². The molecule has 28 heavy (non-hydrogen) atoms. The third-order valence-corrected chi connectivity index (χ3v) is 5.65. The van der Waals surface area contributed by atoms with Crippen LogP contribution in [0.3, 0.4) is 0 Å². The summed E-state index contributed by atoms with van der Waals surface area (Å²) in [7, 11) is 1.74. The number of aliphatic imine (C=N–C) groups is 1. The molecule has 0 saturated carbocycles. The van der Waals surface area contributed by atoms with E-state index in [0.29, 0.717) is 0 Å². The van der Waals surface area contributed by atoms with Crippen molar-refractivity contribution in [2.24, 2.45) is 4.99 Å². The Bertz CT molecular complexity index is 929. The molecular weight excluding hydrogens is 346 g/mol. The molecule has 0 bridgehead atoms.